The second kappa shape index (κ2) is 6.87. The van der Waals surface area contributed by atoms with Crippen LogP contribution in [0.1, 0.15) is 32.1 Å². The number of hydrogen-bond donors (Lipinski definition) is 1. The second-order valence-corrected chi connectivity index (χ2v) is 6.22. The van der Waals surface area contributed by atoms with Crippen LogP contribution in [0.4, 0.5) is 0 Å². The molecule has 0 aromatic rings. The van der Waals surface area contributed by atoms with Gasteiger partial charge in [0.1, 0.15) is 0 Å². The van der Waals surface area contributed by atoms with Crippen LogP contribution in [0, 0.1) is 0 Å². The van der Waals surface area contributed by atoms with Gasteiger partial charge in [-0.25, -0.2) is 0 Å². The zero-order valence-corrected chi connectivity index (χ0v) is 12.4. The molecule has 1 N–H and O–H groups in total. The van der Waals surface area contributed by atoms with Crippen LogP contribution in [-0.4, -0.2) is 73.7 Å². The van der Waals surface area contributed by atoms with Crippen LogP contribution < -0.4 is 5.32 Å². The average Bonchev–Trinajstić information content (AvgIpc) is 3.33. The van der Waals surface area contributed by atoms with E-state index in [0.717, 1.165) is 58.2 Å². The smallest absolute Gasteiger partial charge is 0.224 e. The third kappa shape index (κ3) is 3.93. The van der Waals surface area contributed by atoms with Crippen LogP contribution >= 0.6 is 0 Å². The fourth-order valence-electron chi connectivity index (χ4n) is 3.21. The molecule has 0 aromatic carbocycles. The maximum atomic E-state index is 12.1. The van der Waals surface area contributed by atoms with E-state index in [1.165, 1.54) is 12.8 Å². The van der Waals surface area contributed by atoms with Gasteiger partial charge < -0.3 is 15.0 Å². The highest BCUT2D eigenvalue weighted by molar-refractivity contribution is 5.76. The lowest BCUT2D eigenvalue weighted by Gasteiger charge is -2.35. The summed E-state index contributed by atoms with van der Waals surface area (Å²) < 4.78 is 5.82. The van der Waals surface area contributed by atoms with Gasteiger partial charge in [0, 0.05) is 32.2 Å². The molecule has 0 atom stereocenters. The fourth-order valence-corrected chi connectivity index (χ4v) is 3.21. The Hall–Kier alpha value is -0.650. The van der Waals surface area contributed by atoms with Crippen molar-refractivity contribution >= 4 is 5.91 Å². The van der Waals surface area contributed by atoms with Crippen LogP contribution in [0.3, 0.4) is 0 Å². The van der Waals surface area contributed by atoms with E-state index in [9.17, 15) is 4.79 Å². The highest BCUT2D eigenvalue weighted by Crippen LogP contribution is 2.27. The molecule has 1 aliphatic carbocycles. The summed E-state index contributed by atoms with van der Waals surface area (Å²) >= 11 is 0. The molecule has 0 bridgehead atoms. The molecule has 2 heterocycles. The number of amides is 1. The first kappa shape index (κ1) is 14.3. The second-order valence-electron chi connectivity index (χ2n) is 6.22. The molecule has 3 fully saturated rings. The van der Waals surface area contributed by atoms with Crippen LogP contribution in [-0.2, 0) is 9.53 Å². The van der Waals surface area contributed by atoms with Crippen molar-refractivity contribution < 1.29 is 9.53 Å². The molecule has 20 heavy (non-hydrogen) atoms. The minimum atomic E-state index is 0.273. The molecule has 5 nitrogen and oxygen atoms in total. The highest BCUT2D eigenvalue weighted by atomic mass is 16.5. The Morgan fingerprint density at radius 1 is 1.05 bits per heavy atom. The largest absolute Gasteiger partial charge is 0.378 e. The Morgan fingerprint density at radius 3 is 2.40 bits per heavy atom. The Kier molecular flexibility index (Phi) is 4.91. The molecule has 1 saturated carbocycles. The first-order valence-corrected chi connectivity index (χ1v) is 8.17. The summed E-state index contributed by atoms with van der Waals surface area (Å²) in [5.41, 5.74) is 0. The maximum Gasteiger partial charge on any atom is 0.224 e. The van der Waals surface area contributed by atoms with E-state index in [1.807, 2.05) is 4.90 Å². The lowest BCUT2D eigenvalue weighted by atomic mass is 10.1. The van der Waals surface area contributed by atoms with Gasteiger partial charge in [-0.15, -0.1) is 0 Å². The molecular formula is C15H27N3O2. The SMILES string of the molecule is O=C(CCOC1CCNCC1)N1CCN(C2CC2)CC1. The van der Waals surface area contributed by atoms with Crippen LogP contribution in [0.2, 0.25) is 0 Å². The minimum absolute atomic E-state index is 0.273. The van der Waals surface area contributed by atoms with E-state index in [1.54, 1.807) is 0 Å². The number of nitrogens with zero attached hydrogens (tertiary/aromatic N) is 2. The first-order chi connectivity index (χ1) is 9.83. The van der Waals surface area contributed by atoms with Gasteiger partial charge in [-0.3, -0.25) is 9.69 Å². The summed E-state index contributed by atoms with van der Waals surface area (Å²) in [4.78, 5) is 16.7. The molecule has 2 aliphatic heterocycles. The summed E-state index contributed by atoms with van der Waals surface area (Å²) in [5.74, 6) is 0.273. The lowest BCUT2D eigenvalue weighted by molar-refractivity contribution is -0.134. The Labute approximate surface area is 121 Å². The molecule has 114 valence electrons. The van der Waals surface area contributed by atoms with Crippen molar-refractivity contribution in [1.29, 1.82) is 0 Å². The van der Waals surface area contributed by atoms with Crippen molar-refractivity contribution in [3.63, 3.8) is 0 Å². The van der Waals surface area contributed by atoms with Gasteiger partial charge in [0.25, 0.3) is 0 Å². The summed E-state index contributed by atoms with van der Waals surface area (Å²) in [6, 6.07) is 0.829. The van der Waals surface area contributed by atoms with E-state index < -0.39 is 0 Å². The number of hydrogen-bond acceptors (Lipinski definition) is 4. The number of ether oxygens (including phenoxy) is 1. The van der Waals surface area contributed by atoms with E-state index >= 15 is 0 Å². The number of rotatable bonds is 5. The Morgan fingerprint density at radius 2 is 1.75 bits per heavy atom. The molecule has 1 amide bonds. The monoisotopic (exact) mass is 281 g/mol. The first-order valence-electron chi connectivity index (χ1n) is 8.17. The third-order valence-electron chi connectivity index (χ3n) is 4.69. The molecule has 3 rings (SSSR count). The average molecular weight is 281 g/mol. The molecule has 2 saturated heterocycles. The zero-order chi connectivity index (χ0) is 13.8. The number of piperidine rings is 1. The van der Waals surface area contributed by atoms with Crippen molar-refractivity contribution in [3.8, 4) is 0 Å². The van der Waals surface area contributed by atoms with E-state index in [-0.39, 0.29) is 5.91 Å². The highest BCUT2D eigenvalue weighted by Gasteiger charge is 2.32. The maximum absolute atomic E-state index is 12.1. The topological polar surface area (TPSA) is 44.8 Å². The summed E-state index contributed by atoms with van der Waals surface area (Å²) in [6.45, 7) is 6.61. The molecular weight excluding hydrogens is 254 g/mol. The summed E-state index contributed by atoms with van der Waals surface area (Å²) in [5, 5.41) is 3.32. The Bertz CT molecular complexity index is 319. The van der Waals surface area contributed by atoms with Gasteiger partial charge in [0.2, 0.25) is 5.91 Å². The number of carbonyl (C=O) groups is 1. The van der Waals surface area contributed by atoms with Crippen molar-refractivity contribution in [3.05, 3.63) is 0 Å². The van der Waals surface area contributed by atoms with Crippen molar-refractivity contribution in [2.75, 3.05) is 45.9 Å². The van der Waals surface area contributed by atoms with Crippen LogP contribution in [0.15, 0.2) is 0 Å². The summed E-state index contributed by atoms with van der Waals surface area (Å²) in [7, 11) is 0. The van der Waals surface area contributed by atoms with Gasteiger partial charge in [0.15, 0.2) is 0 Å². The lowest BCUT2D eigenvalue weighted by Crippen LogP contribution is -2.49. The number of piperazine rings is 1. The Balaban J connectivity index is 1.30. The van der Waals surface area contributed by atoms with E-state index in [2.05, 4.69) is 10.2 Å². The van der Waals surface area contributed by atoms with Gasteiger partial charge in [-0.05, 0) is 38.8 Å². The quantitative estimate of drug-likeness (QED) is 0.795. The van der Waals surface area contributed by atoms with Gasteiger partial charge in [0.05, 0.1) is 19.1 Å². The van der Waals surface area contributed by atoms with Gasteiger partial charge in [-0.1, -0.05) is 0 Å². The van der Waals surface area contributed by atoms with Crippen molar-refractivity contribution in [2.45, 2.75) is 44.2 Å². The molecule has 0 radical (unpaired) electrons. The zero-order valence-electron chi connectivity index (χ0n) is 12.4. The summed E-state index contributed by atoms with van der Waals surface area (Å²) in [6.07, 6.45) is 5.78. The van der Waals surface area contributed by atoms with E-state index in [0.29, 0.717) is 19.1 Å². The van der Waals surface area contributed by atoms with Crippen LogP contribution in [0.5, 0.6) is 0 Å². The fraction of sp³-hybridized carbons (Fsp3) is 0.933. The predicted octanol–water partition coefficient (Wildman–Crippen LogP) is 0.452. The van der Waals surface area contributed by atoms with Crippen molar-refractivity contribution in [2.24, 2.45) is 0 Å². The molecule has 0 spiro atoms. The number of carbonyl (C=O) groups excluding carboxylic acids is 1. The molecule has 5 heteroatoms. The molecule has 0 unspecified atom stereocenters. The third-order valence-corrected chi connectivity index (χ3v) is 4.69. The minimum Gasteiger partial charge on any atom is -0.378 e. The van der Waals surface area contributed by atoms with Crippen LogP contribution in [0.25, 0.3) is 0 Å². The van der Waals surface area contributed by atoms with Gasteiger partial charge >= 0.3 is 0 Å². The standard InChI is InChI=1S/C15H27N3O2/c19-15(5-12-20-14-3-6-16-7-4-14)18-10-8-17(9-11-18)13-1-2-13/h13-14,16H,1-12H2. The van der Waals surface area contributed by atoms with Gasteiger partial charge in [-0.2, -0.15) is 0 Å². The normalized spacial score (nSPS) is 25.9. The van der Waals surface area contributed by atoms with E-state index in [4.69, 9.17) is 4.74 Å². The predicted molar refractivity (Wildman–Crippen MR) is 77.6 cm³/mol. The van der Waals surface area contributed by atoms with Crippen molar-refractivity contribution in [1.82, 2.24) is 15.1 Å². The molecule has 3 aliphatic rings. The molecule has 0 aromatic heterocycles. The number of nitrogens with one attached hydrogen (secondary N) is 1.